The van der Waals surface area contributed by atoms with Crippen molar-refractivity contribution in [3.05, 3.63) is 23.8 Å². The smallest absolute Gasteiger partial charge is 0.0203 e. The van der Waals surface area contributed by atoms with Crippen molar-refractivity contribution in [1.82, 2.24) is 0 Å². The Kier molecular flexibility index (Phi) is 9.67. The van der Waals surface area contributed by atoms with Crippen molar-refractivity contribution in [1.29, 1.82) is 0 Å². The molecular weight excluding hydrogens is 180 g/mol. The van der Waals surface area contributed by atoms with Crippen LogP contribution in [0.4, 0.5) is 0 Å². The molecule has 0 aromatic heterocycles. The maximum atomic E-state index is 2.34. The Morgan fingerprint density at radius 3 is 2.47 bits per heavy atom. The highest BCUT2D eigenvalue weighted by molar-refractivity contribution is 5.19. The lowest BCUT2D eigenvalue weighted by atomic mass is 9.86. The van der Waals surface area contributed by atoms with Gasteiger partial charge in [-0.25, -0.2) is 0 Å². The Labute approximate surface area is 96.5 Å². The van der Waals surface area contributed by atoms with E-state index in [9.17, 15) is 0 Å². The molecule has 0 spiro atoms. The lowest BCUT2D eigenvalue weighted by Gasteiger charge is -2.19. The lowest BCUT2D eigenvalue weighted by Crippen LogP contribution is -2.04. The van der Waals surface area contributed by atoms with Gasteiger partial charge in [-0.15, -0.1) is 0 Å². The Morgan fingerprint density at radius 1 is 1.27 bits per heavy atom. The first kappa shape index (κ1) is 14.5. The number of unbranched alkanes of at least 4 members (excludes halogenated alkanes) is 1. The van der Waals surface area contributed by atoms with Crippen LogP contribution in [0.1, 0.15) is 66.2 Å². The summed E-state index contributed by atoms with van der Waals surface area (Å²) in [4.78, 5) is 0. The molecule has 0 radical (unpaired) electrons. The number of hydrogen-bond donors (Lipinski definition) is 0. The van der Waals surface area contributed by atoms with E-state index < -0.39 is 0 Å². The van der Waals surface area contributed by atoms with E-state index in [1.807, 2.05) is 13.8 Å². The van der Waals surface area contributed by atoms with Crippen LogP contribution in [0.2, 0.25) is 0 Å². The Balaban J connectivity index is 0.000000921. The summed E-state index contributed by atoms with van der Waals surface area (Å²) in [5, 5.41) is 0. The highest BCUT2D eigenvalue weighted by Gasteiger charge is 2.11. The topological polar surface area (TPSA) is 0 Å². The van der Waals surface area contributed by atoms with Crippen molar-refractivity contribution in [2.24, 2.45) is 5.92 Å². The minimum Gasteiger partial charge on any atom is -0.0842 e. The van der Waals surface area contributed by atoms with Crippen molar-refractivity contribution in [3.63, 3.8) is 0 Å². The summed E-state index contributed by atoms with van der Waals surface area (Å²) in [6.45, 7) is 8.60. The number of allylic oxidation sites excluding steroid dienone is 4. The molecule has 0 bridgehead atoms. The molecule has 0 saturated carbocycles. The van der Waals surface area contributed by atoms with Gasteiger partial charge in [0.25, 0.3) is 0 Å². The lowest BCUT2D eigenvalue weighted by molar-refractivity contribution is 0.499. The average Bonchev–Trinajstić information content (AvgIpc) is 2.34. The Hall–Kier alpha value is -0.520. The van der Waals surface area contributed by atoms with Crippen molar-refractivity contribution in [2.75, 3.05) is 0 Å². The zero-order valence-corrected chi connectivity index (χ0v) is 11.1. The summed E-state index contributed by atoms with van der Waals surface area (Å²) in [7, 11) is 0. The Morgan fingerprint density at radius 2 is 2.00 bits per heavy atom. The zero-order valence-electron chi connectivity index (χ0n) is 11.1. The van der Waals surface area contributed by atoms with Crippen molar-refractivity contribution in [3.8, 4) is 0 Å². The van der Waals surface area contributed by atoms with Crippen LogP contribution in [0.25, 0.3) is 0 Å². The summed E-state index contributed by atoms with van der Waals surface area (Å²) >= 11 is 0. The number of rotatable bonds is 5. The van der Waals surface area contributed by atoms with Gasteiger partial charge in [0.05, 0.1) is 0 Å². The van der Waals surface area contributed by atoms with E-state index in [0.717, 1.165) is 5.92 Å². The summed E-state index contributed by atoms with van der Waals surface area (Å²) < 4.78 is 0. The van der Waals surface area contributed by atoms with Gasteiger partial charge in [0.15, 0.2) is 0 Å². The molecule has 0 amide bonds. The van der Waals surface area contributed by atoms with Gasteiger partial charge in [0, 0.05) is 0 Å². The molecule has 0 N–H and O–H groups in total. The maximum Gasteiger partial charge on any atom is -0.0203 e. The van der Waals surface area contributed by atoms with Gasteiger partial charge in [0.1, 0.15) is 0 Å². The van der Waals surface area contributed by atoms with Gasteiger partial charge in [-0.2, -0.15) is 0 Å². The van der Waals surface area contributed by atoms with E-state index in [1.165, 1.54) is 38.5 Å². The largest absolute Gasteiger partial charge is 0.0842 e. The standard InChI is InChI=1S/C13H22.C2H6/c1-3-5-9-12(4-2)13-10-7-6-8-11-13;1-2/h6-7,10,12H,3-5,8-9,11H2,1-2H3;1-2H3. The quantitative estimate of drug-likeness (QED) is 0.559. The average molecular weight is 208 g/mol. The highest BCUT2D eigenvalue weighted by Crippen LogP contribution is 2.27. The molecule has 88 valence electrons. The maximum absolute atomic E-state index is 2.34. The molecular formula is C15H28. The minimum atomic E-state index is 0.866. The first-order valence-electron chi connectivity index (χ1n) is 6.74. The van der Waals surface area contributed by atoms with Gasteiger partial charge in [-0.05, 0) is 31.6 Å². The predicted molar refractivity (Wildman–Crippen MR) is 71.1 cm³/mol. The van der Waals surface area contributed by atoms with Crippen LogP contribution < -0.4 is 0 Å². The summed E-state index contributed by atoms with van der Waals surface area (Å²) in [6, 6.07) is 0. The van der Waals surface area contributed by atoms with Crippen LogP contribution in [0, 0.1) is 5.92 Å². The van der Waals surface area contributed by atoms with Gasteiger partial charge >= 0.3 is 0 Å². The van der Waals surface area contributed by atoms with E-state index >= 15 is 0 Å². The molecule has 1 aliphatic rings. The predicted octanol–water partition coefficient (Wildman–Crippen LogP) is 5.51. The van der Waals surface area contributed by atoms with Crippen molar-refractivity contribution < 1.29 is 0 Å². The summed E-state index contributed by atoms with van der Waals surface area (Å²) in [5.74, 6) is 0.866. The fourth-order valence-corrected chi connectivity index (χ4v) is 2.06. The molecule has 0 nitrogen and oxygen atoms in total. The van der Waals surface area contributed by atoms with Gasteiger partial charge < -0.3 is 0 Å². The molecule has 0 aromatic rings. The third kappa shape index (κ3) is 5.81. The van der Waals surface area contributed by atoms with E-state index in [0.29, 0.717) is 0 Å². The van der Waals surface area contributed by atoms with Crippen LogP contribution in [-0.4, -0.2) is 0 Å². The van der Waals surface area contributed by atoms with E-state index in [4.69, 9.17) is 0 Å². The van der Waals surface area contributed by atoms with Crippen LogP contribution in [0.5, 0.6) is 0 Å². The highest BCUT2D eigenvalue weighted by atomic mass is 14.2. The van der Waals surface area contributed by atoms with Gasteiger partial charge in [-0.1, -0.05) is 64.3 Å². The monoisotopic (exact) mass is 208 g/mol. The molecule has 1 atom stereocenters. The van der Waals surface area contributed by atoms with Crippen LogP contribution >= 0.6 is 0 Å². The normalized spacial score (nSPS) is 16.4. The first-order valence-corrected chi connectivity index (χ1v) is 6.74. The summed E-state index contributed by atoms with van der Waals surface area (Å²) in [5.41, 5.74) is 1.69. The molecule has 0 heterocycles. The van der Waals surface area contributed by atoms with Gasteiger partial charge in [-0.3, -0.25) is 0 Å². The van der Waals surface area contributed by atoms with Crippen LogP contribution in [-0.2, 0) is 0 Å². The van der Waals surface area contributed by atoms with E-state index in [2.05, 4.69) is 32.1 Å². The molecule has 0 aromatic carbocycles. The molecule has 0 aliphatic heterocycles. The van der Waals surface area contributed by atoms with E-state index in [1.54, 1.807) is 5.57 Å². The number of hydrogen-bond acceptors (Lipinski definition) is 0. The first-order chi connectivity index (χ1) is 7.38. The van der Waals surface area contributed by atoms with Crippen molar-refractivity contribution >= 4 is 0 Å². The fourth-order valence-electron chi connectivity index (χ4n) is 2.06. The van der Waals surface area contributed by atoms with Crippen molar-refractivity contribution in [2.45, 2.75) is 66.2 Å². The molecule has 1 unspecified atom stereocenters. The molecule has 1 aliphatic carbocycles. The molecule has 0 saturated heterocycles. The molecule has 15 heavy (non-hydrogen) atoms. The van der Waals surface area contributed by atoms with E-state index in [-0.39, 0.29) is 0 Å². The van der Waals surface area contributed by atoms with Gasteiger partial charge in [0.2, 0.25) is 0 Å². The fraction of sp³-hybridized carbons (Fsp3) is 0.733. The third-order valence-corrected chi connectivity index (χ3v) is 2.97. The molecule has 0 fully saturated rings. The second kappa shape index (κ2) is 10.0. The van der Waals surface area contributed by atoms with Crippen LogP contribution in [0.15, 0.2) is 23.8 Å². The summed E-state index contributed by atoms with van der Waals surface area (Å²) in [6.07, 6.45) is 14.8. The third-order valence-electron chi connectivity index (χ3n) is 2.97. The zero-order chi connectivity index (χ0) is 11.5. The second-order valence-corrected chi connectivity index (χ2v) is 3.96. The minimum absolute atomic E-state index is 0.866. The second-order valence-electron chi connectivity index (χ2n) is 3.96. The molecule has 0 heteroatoms. The Bertz CT molecular complexity index is 186. The van der Waals surface area contributed by atoms with Crippen LogP contribution in [0.3, 0.4) is 0 Å². The SMILES string of the molecule is CC.CCCCC(CC)C1=CC=CCC1. The molecule has 1 rings (SSSR count).